The van der Waals surface area contributed by atoms with Gasteiger partial charge in [0.2, 0.25) is 0 Å². The molecule has 2 aromatic carbocycles. The molecule has 0 amide bonds. The molecular weight excluding hydrogens is 228 g/mol. The Morgan fingerprint density at radius 2 is 1.16 bits per heavy atom. The summed E-state index contributed by atoms with van der Waals surface area (Å²) in [6, 6.07) is 18.1. The molecule has 0 aliphatic heterocycles. The van der Waals surface area contributed by atoms with Crippen LogP contribution in [0.3, 0.4) is 0 Å². The Bertz CT molecular complexity index is 618. The van der Waals surface area contributed by atoms with Gasteiger partial charge < -0.3 is 0 Å². The van der Waals surface area contributed by atoms with Gasteiger partial charge in [0.05, 0.1) is 0 Å². The highest BCUT2D eigenvalue weighted by molar-refractivity contribution is 5.47. The van der Waals surface area contributed by atoms with Crippen molar-refractivity contribution in [3.05, 3.63) is 70.8 Å². The van der Waals surface area contributed by atoms with E-state index in [4.69, 9.17) is 0 Å². The molecule has 0 atom stereocenters. The van der Waals surface area contributed by atoms with Crippen LogP contribution < -0.4 is 0 Å². The van der Waals surface area contributed by atoms with Gasteiger partial charge in [0.15, 0.2) is 0 Å². The van der Waals surface area contributed by atoms with Gasteiger partial charge in [0.25, 0.3) is 0 Å². The van der Waals surface area contributed by atoms with Crippen LogP contribution in [0.15, 0.2) is 48.5 Å². The van der Waals surface area contributed by atoms with E-state index in [0.29, 0.717) is 5.41 Å². The van der Waals surface area contributed by atoms with Crippen LogP contribution in [0.1, 0.15) is 36.1 Å². The lowest BCUT2D eigenvalue weighted by Crippen LogP contribution is -2.38. The Hall–Kier alpha value is -1.56. The van der Waals surface area contributed by atoms with E-state index in [1.807, 2.05) is 0 Å². The van der Waals surface area contributed by atoms with E-state index < -0.39 is 0 Å². The van der Waals surface area contributed by atoms with E-state index in [1.165, 1.54) is 19.3 Å². The topological polar surface area (TPSA) is 0 Å². The van der Waals surface area contributed by atoms with Gasteiger partial charge in [-0.05, 0) is 52.3 Å². The van der Waals surface area contributed by atoms with Crippen LogP contribution in [0.25, 0.3) is 0 Å². The van der Waals surface area contributed by atoms with Crippen molar-refractivity contribution in [3.8, 4) is 0 Å². The summed E-state index contributed by atoms with van der Waals surface area (Å²) >= 11 is 0. The van der Waals surface area contributed by atoms with Crippen molar-refractivity contribution in [2.75, 3.05) is 0 Å². The number of rotatable bonds is 0. The van der Waals surface area contributed by atoms with Crippen molar-refractivity contribution >= 4 is 0 Å². The monoisotopic (exact) mass is 248 g/mol. The lowest BCUT2D eigenvalue weighted by atomic mass is 9.64. The fourth-order valence-electron chi connectivity index (χ4n) is 4.42. The van der Waals surface area contributed by atoms with Gasteiger partial charge in [-0.2, -0.15) is 0 Å². The van der Waals surface area contributed by atoms with Gasteiger partial charge in [0.1, 0.15) is 0 Å². The van der Waals surface area contributed by atoms with Gasteiger partial charge in [-0.15, -0.1) is 0 Å². The smallest absolute Gasteiger partial charge is 0.00349 e. The molecule has 19 heavy (non-hydrogen) atoms. The second-order valence-corrected chi connectivity index (χ2v) is 6.86. The van der Waals surface area contributed by atoms with E-state index in [2.05, 4.69) is 62.4 Å². The van der Waals surface area contributed by atoms with Gasteiger partial charge in [-0.1, -0.05) is 62.4 Å². The first-order valence-electron chi connectivity index (χ1n) is 7.28. The maximum Gasteiger partial charge on any atom is -0.00349 e. The summed E-state index contributed by atoms with van der Waals surface area (Å²) < 4.78 is 0. The molecule has 0 heteroatoms. The molecule has 0 unspecified atom stereocenters. The lowest BCUT2D eigenvalue weighted by molar-refractivity contribution is 0.182. The Balaban J connectivity index is 1.84. The second kappa shape index (κ2) is 3.50. The molecule has 0 saturated heterocycles. The Morgan fingerprint density at radius 3 is 1.74 bits per heavy atom. The number of benzene rings is 2. The van der Waals surface area contributed by atoms with Crippen LogP contribution in [-0.2, 0) is 24.7 Å². The minimum Gasteiger partial charge on any atom is -0.0620 e. The van der Waals surface area contributed by atoms with Crippen LogP contribution >= 0.6 is 0 Å². The molecule has 0 heterocycles. The quantitative estimate of drug-likeness (QED) is 0.652. The molecule has 0 nitrogen and oxygen atoms in total. The molecule has 2 aliphatic rings. The van der Waals surface area contributed by atoms with Crippen molar-refractivity contribution in [1.82, 2.24) is 0 Å². The Kier molecular flexibility index (Phi) is 2.08. The van der Waals surface area contributed by atoms with Crippen molar-refractivity contribution in [2.24, 2.45) is 5.41 Å². The fraction of sp³-hybridized carbons (Fsp3) is 0.368. The van der Waals surface area contributed by atoms with Gasteiger partial charge >= 0.3 is 0 Å². The Morgan fingerprint density at radius 1 is 0.684 bits per heavy atom. The minimum absolute atomic E-state index is 0.280. The van der Waals surface area contributed by atoms with E-state index in [1.54, 1.807) is 22.3 Å². The first-order chi connectivity index (χ1) is 9.12. The van der Waals surface area contributed by atoms with E-state index in [-0.39, 0.29) is 5.41 Å². The molecule has 4 rings (SSSR count). The first kappa shape index (κ1) is 11.3. The maximum atomic E-state index is 2.45. The summed E-state index contributed by atoms with van der Waals surface area (Å²) in [6.07, 6.45) is 3.72. The van der Waals surface area contributed by atoms with Crippen LogP contribution in [0.2, 0.25) is 0 Å². The summed E-state index contributed by atoms with van der Waals surface area (Å²) in [4.78, 5) is 0. The predicted octanol–water partition coefficient (Wildman–Crippen LogP) is 4.31. The molecule has 2 aromatic rings. The lowest BCUT2D eigenvalue weighted by Gasteiger charge is -2.39. The molecule has 1 spiro atoms. The highest BCUT2D eigenvalue weighted by atomic mass is 14.6. The highest BCUT2D eigenvalue weighted by Crippen LogP contribution is 2.57. The summed E-state index contributed by atoms with van der Waals surface area (Å²) in [5, 5.41) is 0. The number of hydrogen-bond acceptors (Lipinski definition) is 0. The van der Waals surface area contributed by atoms with Crippen LogP contribution in [-0.4, -0.2) is 0 Å². The molecule has 0 fully saturated rings. The molecule has 0 saturated carbocycles. The van der Waals surface area contributed by atoms with E-state index >= 15 is 0 Å². The second-order valence-electron chi connectivity index (χ2n) is 6.86. The number of fused-ring (bicyclic) bond motifs is 2. The Labute approximate surface area is 115 Å². The zero-order chi connectivity index (χ0) is 13.1. The van der Waals surface area contributed by atoms with E-state index in [0.717, 1.165) is 0 Å². The molecule has 2 aliphatic carbocycles. The molecule has 0 N–H and O–H groups in total. The third kappa shape index (κ3) is 1.35. The standard InChI is InChI=1S/C19H20/c1-18(2)17-10-6-5-9-16(17)13-19(18)11-14-7-3-4-8-15(14)12-19/h3-10H,11-13H2,1-2H3. The third-order valence-electron chi connectivity index (χ3n) is 5.72. The zero-order valence-corrected chi connectivity index (χ0v) is 11.7. The maximum absolute atomic E-state index is 2.45. The highest BCUT2D eigenvalue weighted by Gasteiger charge is 2.53. The number of hydrogen-bond donors (Lipinski definition) is 0. The van der Waals surface area contributed by atoms with Crippen molar-refractivity contribution < 1.29 is 0 Å². The summed E-state index contributed by atoms with van der Waals surface area (Å²) in [5.74, 6) is 0. The molecule has 96 valence electrons. The molecule has 0 bridgehead atoms. The molecule has 0 radical (unpaired) electrons. The summed E-state index contributed by atoms with van der Waals surface area (Å²) in [7, 11) is 0. The largest absolute Gasteiger partial charge is 0.0620 e. The van der Waals surface area contributed by atoms with Crippen molar-refractivity contribution in [2.45, 2.75) is 38.5 Å². The van der Waals surface area contributed by atoms with Crippen molar-refractivity contribution in [1.29, 1.82) is 0 Å². The molecular formula is C19H20. The predicted molar refractivity (Wildman–Crippen MR) is 79.5 cm³/mol. The molecule has 0 aromatic heterocycles. The van der Waals surface area contributed by atoms with Gasteiger partial charge in [-0.25, -0.2) is 0 Å². The van der Waals surface area contributed by atoms with Gasteiger partial charge in [0, 0.05) is 0 Å². The average molecular weight is 248 g/mol. The first-order valence-corrected chi connectivity index (χ1v) is 7.28. The van der Waals surface area contributed by atoms with Crippen molar-refractivity contribution in [3.63, 3.8) is 0 Å². The summed E-state index contributed by atoms with van der Waals surface area (Å²) in [5.41, 5.74) is 6.97. The van der Waals surface area contributed by atoms with Crippen LogP contribution in [0.4, 0.5) is 0 Å². The van der Waals surface area contributed by atoms with Crippen LogP contribution in [0.5, 0.6) is 0 Å². The normalized spacial score (nSPS) is 21.4. The average Bonchev–Trinajstić information content (AvgIpc) is 2.87. The SMILES string of the molecule is CC1(C)c2ccccc2CC12Cc1ccccc1C2. The summed E-state index contributed by atoms with van der Waals surface area (Å²) in [6.45, 7) is 4.90. The minimum atomic E-state index is 0.280. The fourth-order valence-corrected chi connectivity index (χ4v) is 4.42. The van der Waals surface area contributed by atoms with E-state index in [9.17, 15) is 0 Å². The zero-order valence-electron chi connectivity index (χ0n) is 11.7. The third-order valence-corrected chi connectivity index (χ3v) is 5.72. The van der Waals surface area contributed by atoms with Gasteiger partial charge in [-0.3, -0.25) is 0 Å². The van der Waals surface area contributed by atoms with Crippen LogP contribution in [0, 0.1) is 5.41 Å².